The van der Waals surface area contributed by atoms with Crippen molar-refractivity contribution in [3.05, 3.63) is 65.7 Å². The Morgan fingerprint density at radius 2 is 1.85 bits per heavy atom. The van der Waals surface area contributed by atoms with Crippen LogP contribution < -0.4 is 16.6 Å². The molecular formula is C14H13N3O3. The van der Waals surface area contributed by atoms with Crippen LogP contribution in [-0.4, -0.2) is 11.8 Å². The first-order chi connectivity index (χ1) is 9.70. The molecule has 0 unspecified atom stereocenters. The van der Waals surface area contributed by atoms with Gasteiger partial charge in [0.25, 0.3) is 11.8 Å². The van der Waals surface area contributed by atoms with E-state index in [1.807, 2.05) is 5.43 Å². The maximum atomic E-state index is 12.0. The maximum absolute atomic E-state index is 12.0. The van der Waals surface area contributed by atoms with Gasteiger partial charge in [-0.3, -0.25) is 15.0 Å². The molecule has 2 aromatic rings. The van der Waals surface area contributed by atoms with E-state index in [1.165, 1.54) is 12.3 Å². The van der Waals surface area contributed by atoms with Crippen LogP contribution in [0.1, 0.15) is 16.1 Å². The molecule has 2 rings (SSSR count). The molecular weight excluding hydrogens is 258 g/mol. The van der Waals surface area contributed by atoms with Crippen LogP contribution in [0.2, 0.25) is 0 Å². The number of nitrogens with two attached hydrogens (primary N) is 1. The number of hydrazine groups is 1. The summed E-state index contributed by atoms with van der Waals surface area (Å²) in [4.78, 5) is 23.6. The Bertz CT molecular complexity index is 618. The summed E-state index contributed by atoms with van der Waals surface area (Å²) < 4.78 is 5.10. The third-order valence-electron chi connectivity index (χ3n) is 2.49. The van der Waals surface area contributed by atoms with E-state index in [0.717, 1.165) is 0 Å². The predicted octanol–water partition coefficient (Wildman–Crippen LogP) is 1.04. The van der Waals surface area contributed by atoms with Crippen molar-refractivity contribution in [3.63, 3.8) is 0 Å². The van der Waals surface area contributed by atoms with E-state index in [1.54, 1.807) is 42.5 Å². The van der Waals surface area contributed by atoms with Gasteiger partial charge in [-0.05, 0) is 24.3 Å². The third-order valence-corrected chi connectivity index (χ3v) is 2.49. The molecule has 0 saturated heterocycles. The molecule has 0 radical (unpaired) electrons. The van der Waals surface area contributed by atoms with Crippen LogP contribution in [0.4, 0.5) is 0 Å². The minimum absolute atomic E-state index is 0.00342. The van der Waals surface area contributed by atoms with E-state index in [9.17, 15) is 9.59 Å². The Morgan fingerprint density at radius 3 is 2.45 bits per heavy atom. The maximum Gasteiger partial charge on any atom is 0.281 e. The van der Waals surface area contributed by atoms with Crippen molar-refractivity contribution in [3.8, 4) is 0 Å². The highest BCUT2D eigenvalue weighted by molar-refractivity contribution is 6.04. The summed E-state index contributed by atoms with van der Waals surface area (Å²) in [7, 11) is 0. The fraction of sp³-hybridized carbons (Fsp3) is 0. The van der Waals surface area contributed by atoms with Crippen LogP contribution in [0.25, 0.3) is 6.08 Å². The molecule has 1 heterocycles. The lowest BCUT2D eigenvalue weighted by Crippen LogP contribution is -2.38. The first-order valence-corrected chi connectivity index (χ1v) is 5.83. The molecule has 2 amide bonds. The second-order valence-corrected chi connectivity index (χ2v) is 3.87. The van der Waals surface area contributed by atoms with Crippen molar-refractivity contribution in [2.45, 2.75) is 0 Å². The first-order valence-electron chi connectivity index (χ1n) is 5.83. The number of benzene rings is 1. The van der Waals surface area contributed by atoms with Crippen LogP contribution in [0, 0.1) is 0 Å². The zero-order valence-corrected chi connectivity index (χ0v) is 10.5. The average molecular weight is 271 g/mol. The van der Waals surface area contributed by atoms with Crippen LogP contribution in [0.5, 0.6) is 0 Å². The average Bonchev–Trinajstić information content (AvgIpc) is 2.99. The van der Waals surface area contributed by atoms with Crippen LogP contribution in [0.15, 0.2) is 58.8 Å². The van der Waals surface area contributed by atoms with Gasteiger partial charge in [0, 0.05) is 11.6 Å². The molecule has 0 spiro atoms. The Morgan fingerprint density at radius 1 is 1.10 bits per heavy atom. The number of carbonyl (C=O) groups excluding carboxylic acids is 2. The molecule has 0 fully saturated rings. The Kier molecular flexibility index (Phi) is 4.31. The summed E-state index contributed by atoms with van der Waals surface area (Å²) >= 11 is 0. The summed E-state index contributed by atoms with van der Waals surface area (Å²) in [5, 5.41) is 2.49. The molecule has 6 nitrogen and oxygen atoms in total. The molecule has 1 aromatic carbocycles. The molecule has 20 heavy (non-hydrogen) atoms. The fourth-order valence-corrected chi connectivity index (χ4v) is 1.54. The monoisotopic (exact) mass is 271 g/mol. The summed E-state index contributed by atoms with van der Waals surface area (Å²) in [6, 6.07) is 11.9. The second kappa shape index (κ2) is 6.35. The molecule has 4 N–H and O–H groups in total. The summed E-state index contributed by atoms with van der Waals surface area (Å²) in [5.74, 6) is 4.49. The molecule has 0 atom stereocenters. The highest BCUT2D eigenvalue weighted by Gasteiger charge is 2.13. The van der Waals surface area contributed by atoms with Gasteiger partial charge < -0.3 is 9.73 Å². The third kappa shape index (κ3) is 3.33. The Balaban J connectivity index is 2.21. The van der Waals surface area contributed by atoms with Crippen LogP contribution in [-0.2, 0) is 4.79 Å². The number of amides is 2. The highest BCUT2D eigenvalue weighted by atomic mass is 16.3. The lowest BCUT2D eigenvalue weighted by molar-refractivity contribution is -0.117. The number of nitrogens with one attached hydrogen (secondary N) is 2. The van der Waals surface area contributed by atoms with Gasteiger partial charge in [0.05, 0.1) is 6.26 Å². The number of rotatable bonds is 4. The lowest BCUT2D eigenvalue weighted by atomic mass is 10.2. The lowest BCUT2D eigenvalue weighted by Gasteiger charge is -2.08. The van der Waals surface area contributed by atoms with Gasteiger partial charge in [0.1, 0.15) is 11.5 Å². The van der Waals surface area contributed by atoms with E-state index < -0.39 is 11.8 Å². The van der Waals surface area contributed by atoms with E-state index in [-0.39, 0.29) is 5.70 Å². The van der Waals surface area contributed by atoms with Crippen molar-refractivity contribution < 1.29 is 14.0 Å². The van der Waals surface area contributed by atoms with Crippen LogP contribution >= 0.6 is 0 Å². The Hall–Kier alpha value is -2.86. The topological polar surface area (TPSA) is 97.4 Å². The predicted molar refractivity (Wildman–Crippen MR) is 72.9 cm³/mol. The molecule has 0 saturated carbocycles. The molecule has 0 bridgehead atoms. The summed E-state index contributed by atoms with van der Waals surface area (Å²) in [5.41, 5.74) is 2.40. The summed E-state index contributed by atoms with van der Waals surface area (Å²) in [6.07, 6.45) is 2.85. The number of carbonyl (C=O) groups is 2. The normalized spacial score (nSPS) is 10.9. The van der Waals surface area contributed by atoms with Crippen molar-refractivity contribution >= 4 is 17.9 Å². The van der Waals surface area contributed by atoms with E-state index in [0.29, 0.717) is 11.3 Å². The van der Waals surface area contributed by atoms with Gasteiger partial charge in [0.15, 0.2) is 0 Å². The zero-order chi connectivity index (χ0) is 14.4. The van der Waals surface area contributed by atoms with E-state index >= 15 is 0 Å². The zero-order valence-electron chi connectivity index (χ0n) is 10.5. The van der Waals surface area contributed by atoms with E-state index in [4.69, 9.17) is 10.3 Å². The molecule has 0 aliphatic rings. The van der Waals surface area contributed by atoms with Crippen LogP contribution in [0.3, 0.4) is 0 Å². The highest BCUT2D eigenvalue weighted by Crippen LogP contribution is 2.07. The molecule has 1 aromatic heterocycles. The van der Waals surface area contributed by atoms with E-state index in [2.05, 4.69) is 5.32 Å². The smallest absolute Gasteiger partial charge is 0.281 e. The van der Waals surface area contributed by atoms with Gasteiger partial charge in [-0.2, -0.15) is 0 Å². The molecule has 102 valence electrons. The Labute approximate surface area is 115 Å². The molecule has 0 aliphatic carbocycles. The molecule has 0 aliphatic heterocycles. The quantitative estimate of drug-likeness (QED) is 0.335. The number of hydrogen-bond acceptors (Lipinski definition) is 4. The standard InChI is InChI=1S/C14H13N3O3/c15-17-14(19)12(9-11-7-4-8-20-11)16-13(18)10-5-2-1-3-6-10/h1-9H,15H2,(H,16,18)(H,17,19). The number of furan rings is 1. The summed E-state index contributed by atoms with van der Waals surface area (Å²) in [6.45, 7) is 0. The molecule has 6 heteroatoms. The fourth-order valence-electron chi connectivity index (χ4n) is 1.54. The van der Waals surface area contributed by atoms with Crippen molar-refractivity contribution in [2.24, 2.45) is 5.84 Å². The second-order valence-electron chi connectivity index (χ2n) is 3.87. The minimum Gasteiger partial charge on any atom is -0.465 e. The van der Waals surface area contributed by atoms with Gasteiger partial charge in [-0.25, -0.2) is 5.84 Å². The van der Waals surface area contributed by atoms with Crippen molar-refractivity contribution in [1.29, 1.82) is 0 Å². The van der Waals surface area contributed by atoms with Gasteiger partial charge in [-0.1, -0.05) is 18.2 Å². The number of hydrogen-bond donors (Lipinski definition) is 3. The first kappa shape index (κ1) is 13.6. The van der Waals surface area contributed by atoms with Gasteiger partial charge in [0.2, 0.25) is 0 Å². The van der Waals surface area contributed by atoms with Crippen molar-refractivity contribution in [1.82, 2.24) is 10.7 Å². The largest absolute Gasteiger partial charge is 0.465 e. The van der Waals surface area contributed by atoms with Crippen molar-refractivity contribution in [2.75, 3.05) is 0 Å². The van der Waals surface area contributed by atoms with Gasteiger partial charge >= 0.3 is 0 Å². The SMILES string of the molecule is NNC(=O)C(=Cc1ccco1)NC(=O)c1ccccc1. The minimum atomic E-state index is -0.620. The van der Waals surface area contributed by atoms with Gasteiger partial charge in [-0.15, -0.1) is 0 Å².